The van der Waals surface area contributed by atoms with Crippen LogP contribution in [0.1, 0.15) is 67.2 Å². The Bertz CT molecular complexity index is 175. The van der Waals surface area contributed by atoms with Crippen molar-refractivity contribution in [2.45, 2.75) is 67.2 Å². The summed E-state index contributed by atoms with van der Waals surface area (Å²) < 4.78 is 0. The lowest BCUT2D eigenvalue weighted by molar-refractivity contribution is 0.0321. The smallest absolute Gasteiger partial charge is 0.0277 e. The van der Waals surface area contributed by atoms with Crippen LogP contribution in [0.4, 0.5) is 0 Å². The normalized spacial score (nSPS) is 34.9. The number of rotatable bonds is 1. The highest BCUT2D eigenvalue weighted by molar-refractivity contribution is 4.91. The van der Waals surface area contributed by atoms with Crippen LogP contribution in [0.25, 0.3) is 0 Å². The van der Waals surface area contributed by atoms with Gasteiger partial charge in [-0.25, -0.2) is 0 Å². The third kappa shape index (κ3) is 2.32. The summed E-state index contributed by atoms with van der Waals surface area (Å²) in [7, 11) is 0. The second kappa shape index (κ2) is 3.87. The van der Waals surface area contributed by atoms with E-state index in [-0.39, 0.29) is 0 Å². The lowest BCUT2D eigenvalue weighted by Gasteiger charge is -2.47. The molecular weight excluding hydrogens is 168 g/mol. The molecule has 0 aromatic heterocycles. The zero-order chi connectivity index (χ0) is 11.0. The monoisotopic (exact) mass is 196 g/mol. The van der Waals surface area contributed by atoms with Crippen LogP contribution in [0.3, 0.4) is 0 Å². The van der Waals surface area contributed by atoms with Crippen LogP contribution in [0.15, 0.2) is 0 Å². The van der Waals surface area contributed by atoms with Crippen molar-refractivity contribution < 1.29 is 0 Å². The Hall–Kier alpha value is 0. The van der Waals surface area contributed by atoms with Crippen LogP contribution in [0.2, 0.25) is 0 Å². The molecule has 1 fully saturated rings. The summed E-state index contributed by atoms with van der Waals surface area (Å²) in [5.74, 6) is 1.88. The molecule has 0 aromatic rings. The van der Waals surface area contributed by atoms with Crippen molar-refractivity contribution in [3.8, 4) is 0 Å². The molecule has 14 heavy (non-hydrogen) atoms. The molecule has 1 rings (SSSR count). The maximum Gasteiger partial charge on any atom is -0.0277 e. The van der Waals surface area contributed by atoms with Crippen molar-refractivity contribution >= 4 is 0 Å². The van der Waals surface area contributed by atoms with Gasteiger partial charge < -0.3 is 0 Å². The van der Waals surface area contributed by atoms with Gasteiger partial charge >= 0.3 is 0 Å². The number of hydrogen-bond donors (Lipinski definition) is 0. The second-order valence-electron chi connectivity index (χ2n) is 6.89. The molecule has 0 atom stereocenters. The van der Waals surface area contributed by atoms with Crippen LogP contribution >= 0.6 is 0 Å². The van der Waals surface area contributed by atoms with E-state index < -0.39 is 0 Å². The minimum Gasteiger partial charge on any atom is -0.0625 e. The van der Waals surface area contributed by atoms with Gasteiger partial charge in [0, 0.05) is 0 Å². The molecular formula is C14H28. The fraction of sp³-hybridized carbons (Fsp3) is 1.00. The molecule has 0 N–H and O–H groups in total. The van der Waals surface area contributed by atoms with E-state index in [0.717, 1.165) is 11.8 Å². The third-order valence-corrected chi connectivity index (χ3v) is 4.89. The zero-order valence-electron chi connectivity index (χ0n) is 11.0. The predicted octanol–water partition coefficient (Wildman–Crippen LogP) is 4.89. The van der Waals surface area contributed by atoms with Crippen LogP contribution < -0.4 is 0 Å². The summed E-state index contributed by atoms with van der Waals surface area (Å²) in [4.78, 5) is 0. The fourth-order valence-electron chi connectivity index (χ4n) is 2.69. The molecule has 0 aromatic carbocycles. The van der Waals surface area contributed by atoms with Gasteiger partial charge in [-0.3, -0.25) is 0 Å². The van der Waals surface area contributed by atoms with E-state index in [9.17, 15) is 0 Å². The average Bonchev–Trinajstić information content (AvgIpc) is 2.03. The van der Waals surface area contributed by atoms with E-state index in [1.165, 1.54) is 25.7 Å². The van der Waals surface area contributed by atoms with E-state index in [1.807, 2.05) is 0 Å². The van der Waals surface area contributed by atoms with Crippen molar-refractivity contribution in [3.05, 3.63) is 0 Å². The highest BCUT2D eigenvalue weighted by Crippen LogP contribution is 2.51. The topological polar surface area (TPSA) is 0 Å². The van der Waals surface area contributed by atoms with Crippen molar-refractivity contribution in [2.75, 3.05) is 0 Å². The van der Waals surface area contributed by atoms with Gasteiger partial charge in [-0.15, -0.1) is 0 Å². The van der Waals surface area contributed by atoms with Crippen molar-refractivity contribution in [3.63, 3.8) is 0 Å². The SMILES string of the molecule is CC(C)C1CCC(C)(C(C)(C)C)CC1. The summed E-state index contributed by atoms with van der Waals surface area (Å²) >= 11 is 0. The minimum atomic E-state index is 0.481. The predicted molar refractivity (Wildman–Crippen MR) is 64.4 cm³/mol. The molecule has 0 bridgehead atoms. The Kier molecular flexibility index (Phi) is 3.33. The summed E-state index contributed by atoms with van der Waals surface area (Å²) in [6.45, 7) is 14.5. The van der Waals surface area contributed by atoms with Crippen molar-refractivity contribution in [1.82, 2.24) is 0 Å². The zero-order valence-corrected chi connectivity index (χ0v) is 11.0. The Balaban J connectivity index is 2.58. The summed E-state index contributed by atoms with van der Waals surface area (Å²) in [6, 6.07) is 0. The summed E-state index contributed by atoms with van der Waals surface area (Å²) in [5, 5.41) is 0. The van der Waals surface area contributed by atoms with Crippen LogP contribution in [0, 0.1) is 22.7 Å². The van der Waals surface area contributed by atoms with Gasteiger partial charge in [-0.1, -0.05) is 41.5 Å². The number of hydrogen-bond acceptors (Lipinski definition) is 0. The Morgan fingerprint density at radius 2 is 1.50 bits per heavy atom. The first-order chi connectivity index (χ1) is 6.26. The van der Waals surface area contributed by atoms with E-state index in [0.29, 0.717) is 10.8 Å². The fourth-order valence-corrected chi connectivity index (χ4v) is 2.69. The molecule has 1 saturated carbocycles. The standard InChI is InChI=1S/C14H28/c1-11(2)12-7-9-14(6,10-8-12)13(3,4)5/h11-12H,7-10H2,1-6H3. The van der Waals surface area contributed by atoms with E-state index in [1.54, 1.807) is 0 Å². The average molecular weight is 196 g/mol. The summed E-state index contributed by atoms with van der Waals surface area (Å²) in [5.41, 5.74) is 1.06. The second-order valence-corrected chi connectivity index (χ2v) is 6.89. The quantitative estimate of drug-likeness (QED) is 0.560. The van der Waals surface area contributed by atoms with Crippen LogP contribution in [-0.2, 0) is 0 Å². The third-order valence-electron chi connectivity index (χ3n) is 4.89. The lowest BCUT2D eigenvalue weighted by Crippen LogP contribution is -2.37. The van der Waals surface area contributed by atoms with Gasteiger partial charge in [0.2, 0.25) is 0 Å². The first-order valence-corrected chi connectivity index (χ1v) is 6.26. The molecule has 0 unspecified atom stereocenters. The largest absolute Gasteiger partial charge is 0.0625 e. The molecule has 1 aliphatic rings. The molecule has 0 nitrogen and oxygen atoms in total. The Morgan fingerprint density at radius 3 is 1.79 bits per heavy atom. The van der Waals surface area contributed by atoms with E-state index >= 15 is 0 Å². The molecule has 1 aliphatic carbocycles. The molecule has 0 saturated heterocycles. The molecule has 0 heterocycles. The van der Waals surface area contributed by atoms with Gasteiger partial charge in [-0.2, -0.15) is 0 Å². The van der Waals surface area contributed by atoms with E-state index in [2.05, 4.69) is 41.5 Å². The maximum absolute atomic E-state index is 2.49. The maximum atomic E-state index is 2.49. The van der Waals surface area contributed by atoms with Crippen LogP contribution in [0.5, 0.6) is 0 Å². The molecule has 84 valence electrons. The van der Waals surface area contributed by atoms with Gasteiger partial charge in [0.1, 0.15) is 0 Å². The lowest BCUT2D eigenvalue weighted by atomic mass is 9.58. The molecule has 0 amide bonds. The highest BCUT2D eigenvalue weighted by Gasteiger charge is 2.40. The van der Waals surface area contributed by atoms with Crippen LogP contribution in [-0.4, -0.2) is 0 Å². The summed E-state index contributed by atoms with van der Waals surface area (Å²) in [6.07, 6.45) is 5.76. The molecule has 0 aliphatic heterocycles. The minimum absolute atomic E-state index is 0.481. The Morgan fingerprint density at radius 1 is 1.07 bits per heavy atom. The van der Waals surface area contributed by atoms with Gasteiger partial charge in [0.05, 0.1) is 0 Å². The first kappa shape index (κ1) is 12.1. The van der Waals surface area contributed by atoms with Gasteiger partial charge in [-0.05, 0) is 48.3 Å². The van der Waals surface area contributed by atoms with Gasteiger partial charge in [0.15, 0.2) is 0 Å². The molecule has 0 heteroatoms. The molecule has 0 spiro atoms. The highest BCUT2D eigenvalue weighted by atomic mass is 14.5. The van der Waals surface area contributed by atoms with Gasteiger partial charge in [0.25, 0.3) is 0 Å². The first-order valence-electron chi connectivity index (χ1n) is 6.26. The van der Waals surface area contributed by atoms with Crippen molar-refractivity contribution in [1.29, 1.82) is 0 Å². The Labute approximate surface area is 90.5 Å². The van der Waals surface area contributed by atoms with Crippen molar-refractivity contribution in [2.24, 2.45) is 22.7 Å². The molecule has 0 radical (unpaired) electrons. The van der Waals surface area contributed by atoms with E-state index in [4.69, 9.17) is 0 Å².